The fraction of sp³-hybridized carbons (Fsp3) is 0.429. The van der Waals surface area contributed by atoms with Crippen molar-refractivity contribution >= 4 is 51.9 Å². The Morgan fingerprint density at radius 3 is 1.20 bits per heavy atom. The zero-order valence-corrected chi connectivity index (χ0v) is 20.4. The predicted octanol–water partition coefficient (Wildman–Crippen LogP) is 1.42. The molecule has 0 saturated carbocycles. The van der Waals surface area contributed by atoms with E-state index >= 15 is 0 Å². The molecule has 0 bridgehead atoms. The Morgan fingerprint density at radius 2 is 1.00 bits per heavy atom. The summed E-state index contributed by atoms with van der Waals surface area (Å²) in [5, 5.41) is 9.51. The van der Waals surface area contributed by atoms with Crippen LogP contribution >= 0.6 is 31.9 Å². The van der Waals surface area contributed by atoms with E-state index in [4.69, 9.17) is 10.3 Å². The minimum absolute atomic E-state index is 0.209. The Bertz CT molecular complexity index is 979. The summed E-state index contributed by atoms with van der Waals surface area (Å²) in [7, 11) is -7.81. The Morgan fingerprint density at radius 1 is 0.767 bits per heavy atom. The summed E-state index contributed by atoms with van der Waals surface area (Å²) in [6.07, 6.45) is 5.35. The van der Waals surface area contributed by atoms with E-state index in [9.17, 15) is 25.6 Å². The average molecular weight is 596 g/mol. The molecular formula is C14H18Br2F2N6O4S2. The first kappa shape index (κ1) is 26.8. The molecule has 0 unspecified atom stereocenters. The van der Waals surface area contributed by atoms with E-state index in [1.807, 2.05) is 0 Å². The van der Waals surface area contributed by atoms with Crippen LogP contribution in [0.15, 0.2) is 33.7 Å². The van der Waals surface area contributed by atoms with E-state index in [0.29, 0.717) is 8.95 Å². The number of primary sulfonamides is 2. The quantitative estimate of drug-likeness (QED) is 0.504. The van der Waals surface area contributed by atoms with Crippen LogP contribution in [-0.4, -0.2) is 48.3 Å². The van der Waals surface area contributed by atoms with Crippen molar-refractivity contribution < 1.29 is 25.6 Å². The van der Waals surface area contributed by atoms with Gasteiger partial charge in [0.25, 0.3) is 0 Å². The third-order valence-corrected chi connectivity index (χ3v) is 5.83. The van der Waals surface area contributed by atoms with Crippen LogP contribution in [0.1, 0.15) is 25.5 Å². The number of aromatic nitrogens is 4. The minimum atomic E-state index is -3.91. The van der Waals surface area contributed by atoms with E-state index in [1.165, 1.54) is 24.8 Å². The largest absolute Gasteiger partial charge is 0.237 e. The Balaban J connectivity index is 0.000000300. The number of hydrogen-bond acceptors (Lipinski definition) is 8. The molecule has 0 aliphatic rings. The first-order valence-electron chi connectivity index (χ1n) is 7.76. The number of halogens is 4. The second-order valence-electron chi connectivity index (χ2n) is 6.46. The zero-order valence-electron chi connectivity index (χ0n) is 15.6. The smallest absolute Gasteiger partial charge is 0.212 e. The van der Waals surface area contributed by atoms with Gasteiger partial charge in [0.15, 0.2) is 23.0 Å². The molecule has 2 heterocycles. The first-order valence-corrected chi connectivity index (χ1v) is 12.8. The van der Waals surface area contributed by atoms with Gasteiger partial charge in [-0.25, -0.2) is 55.8 Å². The van der Waals surface area contributed by atoms with Crippen LogP contribution in [0.3, 0.4) is 0 Å². The molecule has 0 aliphatic heterocycles. The van der Waals surface area contributed by atoms with Crippen molar-refractivity contribution in [3.63, 3.8) is 0 Å². The molecule has 10 nitrogen and oxygen atoms in total. The van der Waals surface area contributed by atoms with Gasteiger partial charge in [-0.05, 0) is 45.7 Å². The monoisotopic (exact) mass is 594 g/mol. The Labute approximate surface area is 189 Å². The molecule has 0 amide bonds. The fourth-order valence-corrected chi connectivity index (χ4v) is 4.23. The molecule has 2 aromatic heterocycles. The average Bonchev–Trinajstić information content (AvgIpc) is 2.52. The number of alkyl halides is 2. The standard InChI is InChI=1S/2C7H9BrFN3O2S/c2*1-7(9,4-15(10,13)14)6-11-2-5(8)3-12-6/h2*2-3H,4H2,1H3,(H2,10,13,14)/t2*7-/m10/s1. The summed E-state index contributed by atoms with van der Waals surface area (Å²) in [6.45, 7) is 2.14. The van der Waals surface area contributed by atoms with E-state index in [0.717, 1.165) is 13.8 Å². The molecule has 16 heteroatoms. The second-order valence-corrected chi connectivity index (χ2v) is 11.5. The zero-order chi connectivity index (χ0) is 23.4. The summed E-state index contributed by atoms with van der Waals surface area (Å²) in [6, 6.07) is 0. The van der Waals surface area contributed by atoms with Gasteiger partial charge < -0.3 is 0 Å². The molecule has 0 spiro atoms. The normalized spacial score (nSPS) is 16.0. The summed E-state index contributed by atoms with van der Waals surface area (Å²) in [5.41, 5.74) is -4.37. The molecule has 0 radical (unpaired) electrons. The van der Waals surface area contributed by atoms with Crippen LogP contribution in [0.2, 0.25) is 0 Å². The van der Waals surface area contributed by atoms with Crippen LogP contribution in [0.25, 0.3) is 0 Å². The molecular weight excluding hydrogens is 578 g/mol. The lowest BCUT2D eigenvalue weighted by atomic mass is 10.1. The van der Waals surface area contributed by atoms with Crippen molar-refractivity contribution in [1.29, 1.82) is 0 Å². The van der Waals surface area contributed by atoms with Crippen LogP contribution in [0, 0.1) is 0 Å². The maximum Gasteiger partial charge on any atom is 0.212 e. The Kier molecular flexibility index (Phi) is 8.90. The SMILES string of the molecule is C[C@@](F)(CS(N)(=O)=O)c1ncc(Br)cn1.C[C@](F)(CS(N)(=O)=O)c1ncc(Br)cn1. The molecule has 4 N–H and O–H groups in total. The maximum absolute atomic E-state index is 13.9. The van der Waals surface area contributed by atoms with Gasteiger partial charge in [-0.1, -0.05) is 0 Å². The summed E-state index contributed by atoms with van der Waals surface area (Å²) in [4.78, 5) is 14.7. The number of nitrogens with two attached hydrogens (primary N) is 2. The highest BCUT2D eigenvalue weighted by molar-refractivity contribution is 9.10. The molecule has 0 saturated heterocycles. The lowest BCUT2D eigenvalue weighted by molar-refractivity contribution is 0.209. The van der Waals surface area contributed by atoms with Crippen molar-refractivity contribution in [2.75, 3.05) is 11.5 Å². The summed E-state index contributed by atoms with van der Waals surface area (Å²) in [5.74, 6) is -2.11. The van der Waals surface area contributed by atoms with Crippen molar-refractivity contribution in [2.24, 2.45) is 10.3 Å². The lowest BCUT2D eigenvalue weighted by Gasteiger charge is -2.16. The summed E-state index contributed by atoms with van der Waals surface area (Å²) >= 11 is 6.17. The lowest BCUT2D eigenvalue weighted by Crippen LogP contribution is -2.32. The number of sulfonamides is 2. The number of rotatable bonds is 6. The van der Waals surface area contributed by atoms with Gasteiger partial charge in [0.1, 0.15) is 11.5 Å². The third-order valence-electron chi connectivity index (χ3n) is 3.12. The molecule has 2 atom stereocenters. The van der Waals surface area contributed by atoms with Crippen LogP contribution in [0.5, 0.6) is 0 Å². The van der Waals surface area contributed by atoms with Crippen molar-refractivity contribution in [2.45, 2.75) is 25.2 Å². The van der Waals surface area contributed by atoms with Crippen molar-refractivity contribution in [3.8, 4) is 0 Å². The minimum Gasteiger partial charge on any atom is -0.237 e. The third kappa shape index (κ3) is 9.74. The van der Waals surface area contributed by atoms with Gasteiger partial charge in [-0.15, -0.1) is 0 Å². The highest BCUT2D eigenvalue weighted by atomic mass is 79.9. The van der Waals surface area contributed by atoms with Crippen LogP contribution in [-0.2, 0) is 31.4 Å². The van der Waals surface area contributed by atoms with Gasteiger partial charge in [0, 0.05) is 24.8 Å². The summed E-state index contributed by atoms with van der Waals surface area (Å²) < 4.78 is 71.9. The van der Waals surface area contributed by atoms with Crippen molar-refractivity contribution in [3.05, 3.63) is 45.4 Å². The van der Waals surface area contributed by atoms with Gasteiger partial charge >= 0.3 is 0 Å². The molecule has 0 aromatic carbocycles. The van der Waals surface area contributed by atoms with Gasteiger partial charge in [0.2, 0.25) is 20.0 Å². The molecule has 2 rings (SSSR count). The number of hydrogen-bond donors (Lipinski definition) is 2. The van der Waals surface area contributed by atoms with E-state index in [-0.39, 0.29) is 11.6 Å². The van der Waals surface area contributed by atoms with E-state index < -0.39 is 42.9 Å². The molecule has 30 heavy (non-hydrogen) atoms. The fourth-order valence-electron chi connectivity index (χ4n) is 2.05. The van der Waals surface area contributed by atoms with E-state index in [2.05, 4.69) is 51.8 Å². The van der Waals surface area contributed by atoms with Gasteiger partial charge in [0.05, 0.1) is 8.95 Å². The Hall–Kier alpha value is -1.20. The van der Waals surface area contributed by atoms with Crippen molar-refractivity contribution in [1.82, 2.24) is 19.9 Å². The predicted molar refractivity (Wildman–Crippen MR) is 112 cm³/mol. The van der Waals surface area contributed by atoms with E-state index in [1.54, 1.807) is 0 Å². The molecule has 2 aromatic rings. The molecule has 168 valence electrons. The molecule has 0 fully saturated rings. The van der Waals surface area contributed by atoms with Crippen LogP contribution < -0.4 is 10.3 Å². The van der Waals surface area contributed by atoms with Gasteiger partial charge in [-0.2, -0.15) is 0 Å². The molecule has 0 aliphatic carbocycles. The maximum atomic E-state index is 13.9. The van der Waals surface area contributed by atoms with Crippen LogP contribution in [0.4, 0.5) is 8.78 Å². The highest BCUT2D eigenvalue weighted by Gasteiger charge is 2.34. The highest BCUT2D eigenvalue weighted by Crippen LogP contribution is 2.24. The topological polar surface area (TPSA) is 172 Å². The number of nitrogens with zero attached hydrogens (tertiary/aromatic N) is 4. The van der Waals surface area contributed by atoms with Gasteiger partial charge in [-0.3, -0.25) is 0 Å². The first-order chi connectivity index (χ1) is 13.4. The second kappa shape index (κ2) is 9.95.